The van der Waals surface area contributed by atoms with Crippen LogP contribution in [-0.2, 0) is 0 Å². The minimum absolute atomic E-state index is 0.0446. The average Bonchev–Trinajstić information content (AvgIpc) is 2.36. The first kappa shape index (κ1) is 13.2. The number of nitrogens with one attached hydrogen (secondary N) is 1. The fraction of sp³-hybridized carbons (Fsp3) is 0.500. The smallest absolute Gasteiger partial charge is 0.128 e. The van der Waals surface area contributed by atoms with Gasteiger partial charge < -0.3 is 10.4 Å². The Kier molecular flexibility index (Phi) is 4.72. The van der Waals surface area contributed by atoms with Gasteiger partial charge in [0, 0.05) is 35.3 Å². The van der Waals surface area contributed by atoms with Crippen molar-refractivity contribution >= 4 is 22.6 Å². The molecule has 1 heterocycles. The van der Waals surface area contributed by atoms with E-state index in [0.29, 0.717) is 5.56 Å². The molecule has 1 aromatic rings. The van der Waals surface area contributed by atoms with Crippen LogP contribution in [-0.4, -0.2) is 42.8 Å². The van der Waals surface area contributed by atoms with Crippen molar-refractivity contribution in [1.29, 1.82) is 0 Å². The second-order valence-corrected chi connectivity index (χ2v) is 5.40. The lowest BCUT2D eigenvalue weighted by atomic mass is 10.0. The summed E-state index contributed by atoms with van der Waals surface area (Å²) in [7, 11) is 0. The molecule has 1 saturated heterocycles. The second kappa shape index (κ2) is 6.08. The number of piperazine rings is 1. The van der Waals surface area contributed by atoms with Gasteiger partial charge >= 0.3 is 0 Å². The molecule has 94 valence electrons. The first-order chi connectivity index (χ1) is 8.22. The third kappa shape index (κ3) is 3.15. The molecule has 1 aromatic carbocycles. The summed E-state index contributed by atoms with van der Waals surface area (Å²) in [6.45, 7) is 3.42. The van der Waals surface area contributed by atoms with E-state index in [4.69, 9.17) is 0 Å². The molecule has 0 radical (unpaired) electrons. The highest BCUT2D eigenvalue weighted by atomic mass is 127. The summed E-state index contributed by atoms with van der Waals surface area (Å²) in [4.78, 5) is 2.13. The molecule has 5 heteroatoms. The molecule has 2 rings (SSSR count). The minimum Gasteiger partial charge on any atom is -0.394 e. The summed E-state index contributed by atoms with van der Waals surface area (Å²) in [5.74, 6) is -0.233. The van der Waals surface area contributed by atoms with Gasteiger partial charge in [-0.1, -0.05) is 0 Å². The molecule has 3 nitrogen and oxygen atoms in total. The number of rotatable bonds is 3. The summed E-state index contributed by atoms with van der Waals surface area (Å²) in [5, 5.41) is 12.8. The molecule has 0 bridgehead atoms. The van der Waals surface area contributed by atoms with Crippen molar-refractivity contribution in [1.82, 2.24) is 10.2 Å². The van der Waals surface area contributed by atoms with Crippen LogP contribution in [0.1, 0.15) is 11.6 Å². The van der Waals surface area contributed by atoms with E-state index in [1.165, 1.54) is 6.07 Å². The number of hydrogen-bond acceptors (Lipinski definition) is 3. The van der Waals surface area contributed by atoms with Gasteiger partial charge in [0.25, 0.3) is 0 Å². The monoisotopic (exact) mass is 350 g/mol. The normalized spacial score (nSPS) is 19.2. The highest BCUT2D eigenvalue weighted by molar-refractivity contribution is 14.1. The Morgan fingerprint density at radius 3 is 2.76 bits per heavy atom. The molecule has 1 aliphatic rings. The molecular formula is C12H16FIN2O. The number of benzene rings is 1. The van der Waals surface area contributed by atoms with Crippen molar-refractivity contribution in [3.8, 4) is 0 Å². The zero-order valence-electron chi connectivity index (χ0n) is 9.50. The molecule has 1 fully saturated rings. The largest absolute Gasteiger partial charge is 0.394 e. The fourth-order valence-electron chi connectivity index (χ4n) is 2.17. The lowest BCUT2D eigenvalue weighted by Gasteiger charge is -2.34. The number of hydrogen-bond donors (Lipinski definition) is 2. The Balaban J connectivity index is 2.24. The van der Waals surface area contributed by atoms with Crippen LogP contribution >= 0.6 is 22.6 Å². The van der Waals surface area contributed by atoms with Crippen LogP contribution in [0.4, 0.5) is 4.39 Å². The van der Waals surface area contributed by atoms with Gasteiger partial charge in [-0.15, -0.1) is 0 Å². The van der Waals surface area contributed by atoms with E-state index in [9.17, 15) is 9.50 Å². The molecule has 0 amide bonds. The summed E-state index contributed by atoms with van der Waals surface area (Å²) in [6, 6.07) is 4.80. The molecule has 0 aliphatic carbocycles. The van der Waals surface area contributed by atoms with Crippen molar-refractivity contribution < 1.29 is 9.50 Å². The van der Waals surface area contributed by atoms with E-state index in [1.54, 1.807) is 6.07 Å². The van der Waals surface area contributed by atoms with E-state index in [0.717, 1.165) is 29.7 Å². The van der Waals surface area contributed by atoms with Crippen molar-refractivity contribution in [2.45, 2.75) is 6.04 Å². The van der Waals surface area contributed by atoms with E-state index in [-0.39, 0.29) is 18.5 Å². The van der Waals surface area contributed by atoms with Gasteiger partial charge in [-0.2, -0.15) is 0 Å². The van der Waals surface area contributed by atoms with Crippen molar-refractivity contribution in [2.75, 3.05) is 32.8 Å². The zero-order chi connectivity index (χ0) is 12.3. The standard InChI is InChI=1S/C12H16FIN2O/c13-11-2-1-9(14)7-10(11)12(8-17)16-5-3-15-4-6-16/h1-2,7,12,15,17H,3-6,8H2/t12-/m0/s1. The van der Waals surface area contributed by atoms with Crippen LogP contribution in [0.2, 0.25) is 0 Å². The summed E-state index contributed by atoms with van der Waals surface area (Å²) in [5.41, 5.74) is 0.598. The maximum Gasteiger partial charge on any atom is 0.128 e. The van der Waals surface area contributed by atoms with Gasteiger partial charge in [-0.25, -0.2) is 4.39 Å². The van der Waals surface area contributed by atoms with Crippen LogP contribution in [0.25, 0.3) is 0 Å². The molecule has 0 spiro atoms. The van der Waals surface area contributed by atoms with Crippen molar-refractivity contribution in [2.24, 2.45) is 0 Å². The predicted octanol–water partition coefficient (Wildman–Crippen LogP) is 1.37. The van der Waals surface area contributed by atoms with Gasteiger partial charge in [0.1, 0.15) is 5.82 Å². The Bertz CT molecular complexity index is 383. The van der Waals surface area contributed by atoms with Crippen LogP contribution in [0.3, 0.4) is 0 Å². The van der Waals surface area contributed by atoms with E-state index >= 15 is 0 Å². The quantitative estimate of drug-likeness (QED) is 0.809. The molecule has 0 aromatic heterocycles. The van der Waals surface area contributed by atoms with E-state index in [2.05, 4.69) is 32.8 Å². The van der Waals surface area contributed by atoms with Gasteiger partial charge in [-0.3, -0.25) is 4.90 Å². The average molecular weight is 350 g/mol. The molecule has 0 saturated carbocycles. The second-order valence-electron chi connectivity index (χ2n) is 4.15. The van der Waals surface area contributed by atoms with Gasteiger partial charge in [-0.05, 0) is 40.8 Å². The van der Waals surface area contributed by atoms with Crippen LogP contribution < -0.4 is 5.32 Å². The van der Waals surface area contributed by atoms with Crippen molar-refractivity contribution in [3.63, 3.8) is 0 Å². The number of nitrogens with zero attached hydrogens (tertiary/aromatic N) is 1. The molecule has 1 atom stereocenters. The Hall–Kier alpha value is -0.240. The number of aliphatic hydroxyl groups is 1. The third-order valence-electron chi connectivity index (χ3n) is 3.08. The molecule has 1 aliphatic heterocycles. The first-order valence-corrected chi connectivity index (χ1v) is 6.81. The van der Waals surface area contributed by atoms with Crippen LogP contribution in [0.15, 0.2) is 18.2 Å². The molecule has 2 N–H and O–H groups in total. The van der Waals surface area contributed by atoms with Crippen LogP contribution in [0.5, 0.6) is 0 Å². The summed E-state index contributed by atoms with van der Waals surface area (Å²) >= 11 is 2.16. The Morgan fingerprint density at radius 1 is 1.41 bits per heavy atom. The maximum absolute atomic E-state index is 13.8. The summed E-state index contributed by atoms with van der Waals surface area (Å²) < 4.78 is 14.8. The molecular weight excluding hydrogens is 334 g/mol. The fourth-order valence-corrected chi connectivity index (χ4v) is 2.69. The number of aliphatic hydroxyl groups excluding tert-OH is 1. The minimum atomic E-state index is -0.233. The Morgan fingerprint density at radius 2 is 2.12 bits per heavy atom. The SMILES string of the molecule is OC[C@@H](c1cc(I)ccc1F)N1CCNCC1. The number of halogens is 2. The lowest BCUT2D eigenvalue weighted by Crippen LogP contribution is -2.46. The topological polar surface area (TPSA) is 35.5 Å². The Labute approximate surface area is 114 Å². The van der Waals surface area contributed by atoms with Gasteiger partial charge in [0.05, 0.1) is 12.6 Å². The first-order valence-electron chi connectivity index (χ1n) is 5.73. The van der Waals surface area contributed by atoms with Crippen LogP contribution in [0, 0.1) is 9.39 Å². The predicted molar refractivity (Wildman–Crippen MR) is 73.4 cm³/mol. The highest BCUT2D eigenvalue weighted by Crippen LogP contribution is 2.25. The highest BCUT2D eigenvalue weighted by Gasteiger charge is 2.23. The van der Waals surface area contributed by atoms with E-state index < -0.39 is 0 Å². The molecule has 17 heavy (non-hydrogen) atoms. The summed E-state index contributed by atoms with van der Waals surface area (Å²) in [6.07, 6.45) is 0. The van der Waals surface area contributed by atoms with E-state index in [1.807, 2.05) is 6.07 Å². The van der Waals surface area contributed by atoms with Crippen molar-refractivity contribution in [3.05, 3.63) is 33.1 Å². The molecule has 0 unspecified atom stereocenters. The van der Waals surface area contributed by atoms with Gasteiger partial charge in [0.15, 0.2) is 0 Å². The lowest BCUT2D eigenvalue weighted by molar-refractivity contribution is 0.108. The third-order valence-corrected chi connectivity index (χ3v) is 3.75. The maximum atomic E-state index is 13.8. The van der Waals surface area contributed by atoms with Gasteiger partial charge in [0.2, 0.25) is 0 Å². The zero-order valence-corrected chi connectivity index (χ0v) is 11.7.